The molecule has 1 aliphatic rings. The number of ether oxygens (including phenoxy) is 1. The Labute approximate surface area is 129 Å². The fourth-order valence-corrected chi connectivity index (χ4v) is 2.71. The minimum absolute atomic E-state index is 0.0198. The first-order valence-electron chi connectivity index (χ1n) is 7.39. The lowest BCUT2D eigenvalue weighted by molar-refractivity contribution is -0.195. The summed E-state index contributed by atoms with van der Waals surface area (Å²) >= 11 is 0. The van der Waals surface area contributed by atoms with E-state index in [1.165, 1.54) is 12.5 Å². The molecule has 2 heterocycles. The number of hydrogen-bond acceptors (Lipinski definition) is 6. The highest BCUT2D eigenvalue weighted by atomic mass is 16.6. The van der Waals surface area contributed by atoms with Gasteiger partial charge in [-0.2, -0.15) is 0 Å². The SMILES string of the molecule is OC(c1ncco1)C1CCN(C(O)OCc2ccccc2)C1. The Kier molecular flexibility index (Phi) is 4.84. The third-order valence-electron chi connectivity index (χ3n) is 3.96. The van der Waals surface area contributed by atoms with Crippen LogP contribution in [-0.2, 0) is 11.3 Å². The number of aliphatic hydroxyl groups is 2. The normalized spacial score (nSPS) is 21.8. The highest BCUT2D eigenvalue weighted by molar-refractivity contribution is 5.13. The summed E-state index contributed by atoms with van der Waals surface area (Å²) in [6, 6.07) is 9.71. The van der Waals surface area contributed by atoms with Gasteiger partial charge in [0, 0.05) is 19.0 Å². The molecule has 6 heteroatoms. The molecule has 3 rings (SSSR count). The van der Waals surface area contributed by atoms with Gasteiger partial charge in [-0.15, -0.1) is 0 Å². The molecule has 0 aliphatic carbocycles. The maximum absolute atomic E-state index is 10.2. The Hall–Kier alpha value is -1.73. The number of aromatic nitrogens is 1. The molecular formula is C16H20N2O4. The molecule has 1 aromatic carbocycles. The summed E-state index contributed by atoms with van der Waals surface area (Å²) in [5, 5.41) is 20.3. The van der Waals surface area contributed by atoms with Crippen LogP contribution < -0.4 is 0 Å². The number of nitrogens with zero attached hydrogens (tertiary/aromatic N) is 2. The van der Waals surface area contributed by atoms with Crippen molar-refractivity contribution in [2.45, 2.75) is 25.5 Å². The van der Waals surface area contributed by atoms with E-state index in [4.69, 9.17) is 9.15 Å². The van der Waals surface area contributed by atoms with Crippen LogP contribution >= 0.6 is 0 Å². The minimum atomic E-state index is -0.970. The van der Waals surface area contributed by atoms with E-state index in [-0.39, 0.29) is 5.92 Å². The molecule has 0 radical (unpaired) electrons. The van der Waals surface area contributed by atoms with Crippen LogP contribution in [0.3, 0.4) is 0 Å². The number of aliphatic hydroxyl groups excluding tert-OH is 2. The quantitative estimate of drug-likeness (QED) is 0.788. The first kappa shape index (κ1) is 15.2. The summed E-state index contributed by atoms with van der Waals surface area (Å²) in [6.07, 6.45) is 2.00. The largest absolute Gasteiger partial charge is 0.446 e. The smallest absolute Gasteiger partial charge is 0.223 e. The number of likely N-dealkylation sites (tertiary alicyclic amines) is 1. The summed E-state index contributed by atoms with van der Waals surface area (Å²) in [4.78, 5) is 5.78. The topological polar surface area (TPSA) is 79.0 Å². The molecule has 2 N–H and O–H groups in total. The van der Waals surface area contributed by atoms with Crippen molar-refractivity contribution >= 4 is 0 Å². The van der Waals surface area contributed by atoms with Gasteiger partial charge in [-0.3, -0.25) is 4.90 Å². The Bertz CT molecular complexity index is 561. The van der Waals surface area contributed by atoms with Crippen molar-refractivity contribution in [2.75, 3.05) is 13.1 Å². The summed E-state index contributed by atoms with van der Waals surface area (Å²) < 4.78 is 10.6. The molecule has 3 atom stereocenters. The van der Waals surface area contributed by atoms with Crippen LogP contribution in [0.5, 0.6) is 0 Å². The van der Waals surface area contributed by atoms with E-state index in [9.17, 15) is 10.2 Å². The van der Waals surface area contributed by atoms with Gasteiger partial charge in [0.2, 0.25) is 12.3 Å². The van der Waals surface area contributed by atoms with Crippen molar-refractivity contribution in [1.82, 2.24) is 9.88 Å². The highest BCUT2D eigenvalue weighted by Gasteiger charge is 2.34. The Morgan fingerprint density at radius 1 is 1.32 bits per heavy atom. The molecule has 0 amide bonds. The van der Waals surface area contributed by atoms with Crippen LogP contribution in [0.1, 0.15) is 24.0 Å². The molecule has 0 saturated carbocycles. The molecule has 6 nitrogen and oxygen atoms in total. The van der Waals surface area contributed by atoms with Gasteiger partial charge < -0.3 is 19.4 Å². The standard InChI is InChI=1S/C16H20N2O4/c19-14(15-17-7-9-21-15)13-6-8-18(10-13)16(20)22-11-12-4-2-1-3-5-12/h1-5,7,9,13-14,16,19-20H,6,8,10-11H2. The van der Waals surface area contributed by atoms with Crippen LogP contribution in [0.15, 0.2) is 47.2 Å². The number of hydrogen-bond donors (Lipinski definition) is 2. The predicted molar refractivity (Wildman–Crippen MR) is 78.4 cm³/mol. The van der Waals surface area contributed by atoms with Gasteiger partial charge >= 0.3 is 0 Å². The van der Waals surface area contributed by atoms with E-state index in [1.807, 2.05) is 30.3 Å². The third kappa shape index (κ3) is 3.53. The van der Waals surface area contributed by atoms with Gasteiger partial charge in [0.15, 0.2) is 0 Å². The van der Waals surface area contributed by atoms with Gasteiger partial charge in [0.1, 0.15) is 12.4 Å². The van der Waals surface area contributed by atoms with Crippen LogP contribution in [0, 0.1) is 5.92 Å². The average molecular weight is 304 g/mol. The van der Waals surface area contributed by atoms with Crippen molar-refractivity contribution in [2.24, 2.45) is 5.92 Å². The number of oxazole rings is 1. The molecule has 1 fully saturated rings. The van der Waals surface area contributed by atoms with Gasteiger partial charge in [0.05, 0.1) is 12.8 Å². The van der Waals surface area contributed by atoms with E-state index in [2.05, 4.69) is 4.98 Å². The van der Waals surface area contributed by atoms with Crippen molar-refractivity contribution < 1.29 is 19.4 Å². The van der Waals surface area contributed by atoms with E-state index < -0.39 is 12.5 Å². The zero-order chi connectivity index (χ0) is 15.4. The maximum Gasteiger partial charge on any atom is 0.223 e. The van der Waals surface area contributed by atoms with Gasteiger partial charge in [-0.05, 0) is 12.0 Å². The predicted octanol–water partition coefficient (Wildman–Crippen LogP) is 1.52. The van der Waals surface area contributed by atoms with Crippen LogP contribution in [0.2, 0.25) is 0 Å². The third-order valence-corrected chi connectivity index (χ3v) is 3.96. The zero-order valence-corrected chi connectivity index (χ0v) is 12.2. The fraction of sp³-hybridized carbons (Fsp3) is 0.438. The van der Waals surface area contributed by atoms with E-state index in [0.29, 0.717) is 25.6 Å². The number of benzene rings is 1. The summed E-state index contributed by atoms with van der Waals surface area (Å²) in [7, 11) is 0. The molecule has 0 bridgehead atoms. The lowest BCUT2D eigenvalue weighted by atomic mass is 10.0. The van der Waals surface area contributed by atoms with Crippen LogP contribution in [0.4, 0.5) is 0 Å². The second kappa shape index (κ2) is 7.02. The summed E-state index contributed by atoms with van der Waals surface area (Å²) in [5.41, 5.74) is 1.01. The van der Waals surface area contributed by atoms with E-state index >= 15 is 0 Å². The van der Waals surface area contributed by atoms with Gasteiger partial charge in [-0.25, -0.2) is 4.98 Å². The van der Waals surface area contributed by atoms with Crippen LogP contribution in [-0.4, -0.2) is 39.6 Å². The minimum Gasteiger partial charge on any atom is -0.446 e. The molecule has 3 unspecified atom stereocenters. The molecule has 1 saturated heterocycles. The van der Waals surface area contributed by atoms with E-state index in [1.54, 1.807) is 4.90 Å². The Morgan fingerprint density at radius 2 is 2.14 bits per heavy atom. The van der Waals surface area contributed by atoms with Gasteiger partial charge in [0.25, 0.3) is 0 Å². The van der Waals surface area contributed by atoms with E-state index in [0.717, 1.165) is 12.0 Å². The molecule has 118 valence electrons. The van der Waals surface area contributed by atoms with Crippen LogP contribution in [0.25, 0.3) is 0 Å². The summed E-state index contributed by atoms with van der Waals surface area (Å²) in [6.45, 7) is 1.56. The number of rotatable bonds is 6. The molecule has 1 aliphatic heterocycles. The van der Waals surface area contributed by atoms with Crippen molar-refractivity contribution in [3.8, 4) is 0 Å². The second-order valence-corrected chi connectivity index (χ2v) is 5.48. The van der Waals surface area contributed by atoms with Crippen molar-refractivity contribution in [3.05, 3.63) is 54.2 Å². The first-order valence-corrected chi connectivity index (χ1v) is 7.39. The zero-order valence-electron chi connectivity index (χ0n) is 12.2. The Morgan fingerprint density at radius 3 is 2.86 bits per heavy atom. The molecule has 2 aromatic rings. The summed E-state index contributed by atoms with van der Waals surface area (Å²) in [5.74, 6) is 0.306. The average Bonchev–Trinajstić information content (AvgIpc) is 3.24. The molecule has 22 heavy (non-hydrogen) atoms. The fourth-order valence-electron chi connectivity index (χ4n) is 2.71. The van der Waals surface area contributed by atoms with Crippen molar-refractivity contribution in [1.29, 1.82) is 0 Å². The van der Waals surface area contributed by atoms with Gasteiger partial charge in [-0.1, -0.05) is 30.3 Å². The molecule has 1 aromatic heterocycles. The first-order chi connectivity index (χ1) is 10.7. The van der Waals surface area contributed by atoms with Crippen molar-refractivity contribution in [3.63, 3.8) is 0 Å². The highest BCUT2D eigenvalue weighted by Crippen LogP contribution is 2.30. The monoisotopic (exact) mass is 304 g/mol. The second-order valence-electron chi connectivity index (χ2n) is 5.48. The maximum atomic E-state index is 10.2. The Balaban J connectivity index is 1.49. The molecule has 0 spiro atoms. The molecular weight excluding hydrogens is 284 g/mol. The lowest BCUT2D eigenvalue weighted by Gasteiger charge is -2.23. The lowest BCUT2D eigenvalue weighted by Crippen LogP contribution is -2.35.